The quantitative estimate of drug-likeness (QED) is 0.667. The molecular weight excluding hydrogens is 414 g/mol. The maximum atomic E-state index is 12.5. The lowest BCUT2D eigenvalue weighted by Gasteiger charge is -2.30. The highest BCUT2D eigenvalue weighted by Gasteiger charge is 2.29. The molecule has 1 aromatic heterocycles. The van der Waals surface area contributed by atoms with Crippen molar-refractivity contribution in [1.82, 2.24) is 15.0 Å². The highest BCUT2D eigenvalue weighted by atomic mass is 79.9. The Hall–Kier alpha value is -2.22. The first-order valence-electron chi connectivity index (χ1n) is 8.98. The SMILES string of the molecule is CC(C)c1noc(COC(=O)C2CCN(C(=O)c3ccc(Br)cc3)CC2)n1. The number of esters is 1. The first-order chi connectivity index (χ1) is 12.9. The molecule has 0 bridgehead atoms. The Labute approximate surface area is 166 Å². The molecule has 1 amide bonds. The minimum absolute atomic E-state index is 0.0126. The lowest BCUT2D eigenvalue weighted by molar-refractivity contribution is -0.152. The van der Waals surface area contributed by atoms with E-state index in [0.29, 0.717) is 43.2 Å². The van der Waals surface area contributed by atoms with Crippen molar-refractivity contribution in [2.45, 2.75) is 39.2 Å². The summed E-state index contributed by atoms with van der Waals surface area (Å²) in [6.07, 6.45) is 1.17. The standard InChI is InChI=1S/C19H22BrN3O4/c1-12(2)17-21-16(27-22-17)11-26-19(25)14-7-9-23(10-8-14)18(24)13-3-5-15(20)6-4-13/h3-6,12,14H,7-11H2,1-2H3. The number of amides is 1. The summed E-state index contributed by atoms with van der Waals surface area (Å²) in [7, 11) is 0. The van der Waals surface area contributed by atoms with E-state index in [2.05, 4.69) is 26.1 Å². The molecule has 0 N–H and O–H groups in total. The monoisotopic (exact) mass is 435 g/mol. The van der Waals surface area contributed by atoms with Crippen LogP contribution in [0.3, 0.4) is 0 Å². The van der Waals surface area contributed by atoms with Crippen LogP contribution in [0.15, 0.2) is 33.3 Å². The van der Waals surface area contributed by atoms with E-state index in [-0.39, 0.29) is 30.3 Å². The second-order valence-corrected chi connectivity index (χ2v) is 7.80. The Morgan fingerprint density at radius 2 is 1.93 bits per heavy atom. The molecule has 1 aliphatic rings. The zero-order chi connectivity index (χ0) is 19.4. The molecule has 1 aromatic carbocycles. The van der Waals surface area contributed by atoms with Crippen LogP contribution in [0.4, 0.5) is 0 Å². The average Bonchev–Trinajstić information content (AvgIpc) is 3.16. The normalized spacial score (nSPS) is 15.2. The number of piperidine rings is 1. The molecule has 2 aromatic rings. The van der Waals surface area contributed by atoms with E-state index in [1.54, 1.807) is 17.0 Å². The van der Waals surface area contributed by atoms with Crippen molar-refractivity contribution in [3.63, 3.8) is 0 Å². The van der Waals surface area contributed by atoms with Gasteiger partial charge in [-0.15, -0.1) is 0 Å². The Morgan fingerprint density at radius 3 is 2.52 bits per heavy atom. The molecule has 0 atom stereocenters. The van der Waals surface area contributed by atoms with Crippen LogP contribution in [0.25, 0.3) is 0 Å². The van der Waals surface area contributed by atoms with Crippen molar-refractivity contribution in [2.24, 2.45) is 5.92 Å². The number of hydrogen-bond donors (Lipinski definition) is 0. The van der Waals surface area contributed by atoms with Gasteiger partial charge in [0.05, 0.1) is 5.92 Å². The minimum atomic E-state index is -0.282. The van der Waals surface area contributed by atoms with Gasteiger partial charge >= 0.3 is 5.97 Å². The third-order valence-electron chi connectivity index (χ3n) is 4.54. The van der Waals surface area contributed by atoms with Gasteiger partial charge in [-0.05, 0) is 37.1 Å². The number of rotatable bonds is 5. The number of benzene rings is 1. The van der Waals surface area contributed by atoms with E-state index in [1.807, 2.05) is 26.0 Å². The van der Waals surface area contributed by atoms with Gasteiger partial charge in [0, 0.05) is 29.0 Å². The number of ether oxygens (including phenoxy) is 1. The maximum Gasteiger partial charge on any atom is 0.309 e. The summed E-state index contributed by atoms with van der Waals surface area (Å²) in [4.78, 5) is 30.8. The molecular formula is C19H22BrN3O4. The van der Waals surface area contributed by atoms with Crippen LogP contribution in [0.2, 0.25) is 0 Å². The highest BCUT2D eigenvalue weighted by Crippen LogP contribution is 2.21. The van der Waals surface area contributed by atoms with Crippen molar-refractivity contribution in [3.05, 3.63) is 46.0 Å². The lowest BCUT2D eigenvalue weighted by Crippen LogP contribution is -2.40. The van der Waals surface area contributed by atoms with Crippen molar-refractivity contribution < 1.29 is 18.8 Å². The zero-order valence-corrected chi connectivity index (χ0v) is 16.9. The van der Waals surface area contributed by atoms with Gasteiger partial charge in [0.25, 0.3) is 11.8 Å². The van der Waals surface area contributed by atoms with Crippen LogP contribution in [-0.2, 0) is 16.1 Å². The van der Waals surface area contributed by atoms with Gasteiger partial charge in [0.15, 0.2) is 12.4 Å². The number of nitrogens with zero attached hydrogens (tertiary/aromatic N) is 3. The second kappa shape index (κ2) is 8.65. The summed E-state index contributed by atoms with van der Waals surface area (Å²) in [5.74, 6) is 0.546. The van der Waals surface area contributed by atoms with Crippen LogP contribution in [-0.4, -0.2) is 40.0 Å². The molecule has 7 nitrogen and oxygen atoms in total. The van der Waals surface area contributed by atoms with Gasteiger partial charge in [-0.25, -0.2) is 0 Å². The van der Waals surface area contributed by atoms with Crippen molar-refractivity contribution in [1.29, 1.82) is 0 Å². The Bertz CT molecular complexity index is 796. The fourth-order valence-corrected chi connectivity index (χ4v) is 3.17. The molecule has 2 heterocycles. The van der Waals surface area contributed by atoms with Crippen molar-refractivity contribution in [2.75, 3.05) is 13.1 Å². The number of carbonyl (C=O) groups excluding carboxylic acids is 2. The van der Waals surface area contributed by atoms with Gasteiger partial charge in [0.1, 0.15) is 0 Å². The van der Waals surface area contributed by atoms with E-state index in [1.165, 1.54) is 0 Å². The van der Waals surface area contributed by atoms with Crippen LogP contribution in [0, 0.1) is 5.92 Å². The first-order valence-corrected chi connectivity index (χ1v) is 9.77. The third kappa shape index (κ3) is 4.94. The number of aromatic nitrogens is 2. The van der Waals surface area contributed by atoms with Gasteiger partial charge in [-0.1, -0.05) is 34.9 Å². The second-order valence-electron chi connectivity index (χ2n) is 6.88. The zero-order valence-electron chi connectivity index (χ0n) is 15.4. The third-order valence-corrected chi connectivity index (χ3v) is 5.07. The Kier molecular flexibility index (Phi) is 6.26. The van der Waals surface area contributed by atoms with Crippen LogP contribution >= 0.6 is 15.9 Å². The molecule has 8 heteroatoms. The van der Waals surface area contributed by atoms with Gasteiger partial charge in [-0.3, -0.25) is 9.59 Å². The van der Waals surface area contributed by atoms with E-state index in [9.17, 15) is 9.59 Å². The van der Waals surface area contributed by atoms with Gasteiger partial charge < -0.3 is 14.2 Å². The Balaban J connectivity index is 1.47. The molecule has 1 saturated heterocycles. The van der Waals surface area contributed by atoms with Gasteiger partial charge in [0.2, 0.25) is 0 Å². The molecule has 0 unspecified atom stereocenters. The molecule has 0 saturated carbocycles. The lowest BCUT2D eigenvalue weighted by atomic mass is 9.96. The molecule has 0 radical (unpaired) electrons. The summed E-state index contributed by atoms with van der Waals surface area (Å²) < 4.78 is 11.3. The molecule has 0 spiro atoms. The van der Waals surface area contributed by atoms with Crippen molar-refractivity contribution >= 4 is 27.8 Å². The molecule has 1 fully saturated rings. The molecule has 144 valence electrons. The summed E-state index contributed by atoms with van der Waals surface area (Å²) in [5.41, 5.74) is 0.650. The van der Waals surface area contributed by atoms with Crippen LogP contribution < -0.4 is 0 Å². The first kappa shape index (κ1) is 19.5. The number of carbonyl (C=O) groups is 2. The van der Waals surface area contributed by atoms with E-state index in [4.69, 9.17) is 9.26 Å². The van der Waals surface area contributed by atoms with E-state index in [0.717, 1.165) is 4.47 Å². The Morgan fingerprint density at radius 1 is 1.26 bits per heavy atom. The van der Waals surface area contributed by atoms with Crippen LogP contribution in [0.1, 0.15) is 54.7 Å². The predicted octanol–water partition coefficient (Wildman–Crippen LogP) is 3.55. The summed E-state index contributed by atoms with van der Waals surface area (Å²) in [6.45, 7) is 4.98. The summed E-state index contributed by atoms with van der Waals surface area (Å²) >= 11 is 3.36. The maximum absolute atomic E-state index is 12.5. The largest absolute Gasteiger partial charge is 0.455 e. The summed E-state index contributed by atoms with van der Waals surface area (Å²) in [5, 5.41) is 3.85. The molecule has 27 heavy (non-hydrogen) atoms. The smallest absolute Gasteiger partial charge is 0.309 e. The fraction of sp³-hybridized carbons (Fsp3) is 0.474. The molecule has 1 aliphatic heterocycles. The molecule has 0 aliphatic carbocycles. The molecule has 3 rings (SSSR count). The van der Waals surface area contributed by atoms with E-state index < -0.39 is 0 Å². The fourth-order valence-electron chi connectivity index (χ4n) is 2.91. The van der Waals surface area contributed by atoms with Gasteiger partial charge in [-0.2, -0.15) is 4.98 Å². The number of likely N-dealkylation sites (tertiary alicyclic amines) is 1. The number of hydrogen-bond acceptors (Lipinski definition) is 6. The number of halogens is 1. The van der Waals surface area contributed by atoms with Crippen molar-refractivity contribution in [3.8, 4) is 0 Å². The van der Waals surface area contributed by atoms with E-state index >= 15 is 0 Å². The topological polar surface area (TPSA) is 85.5 Å². The predicted molar refractivity (Wildman–Crippen MR) is 101 cm³/mol. The summed E-state index contributed by atoms with van der Waals surface area (Å²) in [6, 6.07) is 7.28. The average molecular weight is 436 g/mol. The van der Waals surface area contributed by atoms with Crippen LogP contribution in [0.5, 0.6) is 0 Å². The highest BCUT2D eigenvalue weighted by molar-refractivity contribution is 9.10. The minimum Gasteiger partial charge on any atom is -0.455 e.